The molecule has 0 saturated carbocycles. The fraction of sp³-hybridized carbons (Fsp3) is 0.529. The van der Waals surface area contributed by atoms with Crippen molar-refractivity contribution in [3.8, 4) is 11.5 Å². The number of aromatic nitrogens is 2. The molecule has 1 aromatic carbocycles. The van der Waals surface area contributed by atoms with Gasteiger partial charge in [-0.1, -0.05) is 17.2 Å². The van der Waals surface area contributed by atoms with Crippen LogP contribution >= 0.6 is 12.2 Å². The van der Waals surface area contributed by atoms with Crippen LogP contribution in [0.3, 0.4) is 0 Å². The number of benzene rings is 1. The van der Waals surface area contributed by atoms with Gasteiger partial charge in [-0.15, -0.1) is 5.10 Å². The molecule has 2 heterocycles. The van der Waals surface area contributed by atoms with E-state index in [1.54, 1.807) is 4.68 Å². The van der Waals surface area contributed by atoms with Crippen LogP contribution < -0.4 is 4.90 Å². The van der Waals surface area contributed by atoms with E-state index in [9.17, 15) is 8.42 Å². The Balaban J connectivity index is 1.83. The number of sulfone groups is 1. The minimum atomic E-state index is -2.90. The van der Waals surface area contributed by atoms with Crippen molar-refractivity contribution < 1.29 is 17.7 Å². The standard InChI is InChI=1S/C17H23N3O3S2/c1-4-19(15-5-6-25(21,22)10-15)11-20-17(24)23-16(18-20)14-8-12(2)7-13(3)9-14/h7-9,15H,4-6,10-11H2,1-3H3/p+1/t15-/m1/s1. The molecule has 1 fully saturated rings. The third kappa shape index (κ3) is 4.19. The van der Waals surface area contributed by atoms with Crippen molar-refractivity contribution in [3.63, 3.8) is 0 Å². The molecule has 136 valence electrons. The van der Waals surface area contributed by atoms with Crippen LogP contribution in [0.4, 0.5) is 0 Å². The molecule has 0 radical (unpaired) electrons. The molecule has 1 aliphatic rings. The molecule has 2 atom stereocenters. The summed E-state index contributed by atoms with van der Waals surface area (Å²) < 4.78 is 30.9. The summed E-state index contributed by atoms with van der Waals surface area (Å²) in [5.41, 5.74) is 3.19. The van der Waals surface area contributed by atoms with Crippen molar-refractivity contribution >= 4 is 22.1 Å². The number of quaternary nitrogens is 1. The van der Waals surface area contributed by atoms with Crippen LogP contribution in [0.25, 0.3) is 11.5 Å². The highest BCUT2D eigenvalue weighted by atomic mass is 32.2. The molecule has 1 N–H and O–H groups in total. The quantitative estimate of drug-likeness (QED) is 0.795. The lowest BCUT2D eigenvalue weighted by atomic mass is 10.1. The lowest BCUT2D eigenvalue weighted by Gasteiger charge is -2.22. The van der Waals surface area contributed by atoms with Crippen LogP contribution in [0.15, 0.2) is 22.6 Å². The van der Waals surface area contributed by atoms with Gasteiger partial charge in [-0.05, 0) is 45.1 Å². The van der Waals surface area contributed by atoms with Gasteiger partial charge in [-0.2, -0.15) is 4.68 Å². The summed E-state index contributed by atoms with van der Waals surface area (Å²) >= 11 is 5.33. The zero-order valence-corrected chi connectivity index (χ0v) is 16.4. The van der Waals surface area contributed by atoms with E-state index in [0.29, 0.717) is 23.8 Å². The molecule has 1 aromatic heterocycles. The molecular weight excluding hydrogens is 358 g/mol. The average Bonchev–Trinajstić information content (AvgIpc) is 3.06. The van der Waals surface area contributed by atoms with Crippen LogP contribution in [-0.2, 0) is 16.5 Å². The second kappa shape index (κ2) is 7.01. The van der Waals surface area contributed by atoms with E-state index in [0.717, 1.165) is 28.1 Å². The smallest absolute Gasteiger partial charge is 0.292 e. The zero-order chi connectivity index (χ0) is 18.2. The normalized spacial score (nSPS) is 20.7. The van der Waals surface area contributed by atoms with Gasteiger partial charge in [0.1, 0.15) is 11.8 Å². The van der Waals surface area contributed by atoms with Crippen molar-refractivity contribution in [2.75, 3.05) is 18.1 Å². The minimum Gasteiger partial charge on any atom is -0.409 e. The lowest BCUT2D eigenvalue weighted by Crippen LogP contribution is -3.15. The van der Waals surface area contributed by atoms with E-state index in [4.69, 9.17) is 16.6 Å². The summed E-state index contributed by atoms with van der Waals surface area (Å²) in [5, 5.41) is 4.53. The molecule has 25 heavy (non-hydrogen) atoms. The molecule has 1 saturated heterocycles. The van der Waals surface area contributed by atoms with Gasteiger partial charge in [0.25, 0.3) is 4.84 Å². The summed E-state index contributed by atoms with van der Waals surface area (Å²) in [4.78, 5) is 1.48. The Morgan fingerprint density at radius 1 is 1.32 bits per heavy atom. The first-order chi connectivity index (χ1) is 11.8. The lowest BCUT2D eigenvalue weighted by molar-refractivity contribution is -0.943. The van der Waals surface area contributed by atoms with Crippen molar-refractivity contribution in [1.82, 2.24) is 9.78 Å². The van der Waals surface area contributed by atoms with E-state index < -0.39 is 9.84 Å². The second-order valence-corrected chi connectivity index (χ2v) is 9.40. The van der Waals surface area contributed by atoms with Crippen LogP contribution in [0.1, 0.15) is 24.5 Å². The molecule has 6 nitrogen and oxygen atoms in total. The fourth-order valence-corrected chi connectivity index (χ4v) is 5.47. The molecule has 8 heteroatoms. The van der Waals surface area contributed by atoms with Crippen molar-refractivity contribution in [2.24, 2.45) is 0 Å². The molecular formula is C17H24N3O3S2+. The highest BCUT2D eigenvalue weighted by molar-refractivity contribution is 7.91. The summed E-state index contributed by atoms with van der Waals surface area (Å²) in [6, 6.07) is 6.23. The van der Waals surface area contributed by atoms with Crippen molar-refractivity contribution in [1.29, 1.82) is 0 Å². The number of hydrogen-bond donors (Lipinski definition) is 1. The molecule has 3 rings (SSSR count). The van der Waals surface area contributed by atoms with Gasteiger partial charge < -0.3 is 9.32 Å². The van der Waals surface area contributed by atoms with E-state index in [-0.39, 0.29) is 17.5 Å². The molecule has 1 aliphatic heterocycles. The SMILES string of the molecule is CC[NH+](Cn1nc(-c2cc(C)cc(C)c2)oc1=S)[C@@H]1CCS(=O)(=O)C1. The Hall–Kier alpha value is -1.51. The first-order valence-corrected chi connectivity index (χ1v) is 10.7. The zero-order valence-electron chi connectivity index (χ0n) is 14.8. The van der Waals surface area contributed by atoms with Crippen molar-refractivity contribution in [2.45, 2.75) is 39.9 Å². The molecule has 0 bridgehead atoms. The van der Waals surface area contributed by atoms with Crippen LogP contribution in [-0.4, -0.2) is 42.3 Å². The number of nitrogens with one attached hydrogen (secondary N) is 1. The summed E-state index contributed by atoms with van der Waals surface area (Å²) in [6.07, 6.45) is 0.695. The summed E-state index contributed by atoms with van der Waals surface area (Å²) in [6.45, 7) is 7.45. The Kier molecular flexibility index (Phi) is 5.13. The largest absolute Gasteiger partial charge is 0.409 e. The Morgan fingerprint density at radius 2 is 2.00 bits per heavy atom. The number of aryl methyl sites for hydroxylation is 2. The molecule has 0 amide bonds. The Bertz CT molecular complexity index is 911. The maximum absolute atomic E-state index is 11.8. The highest BCUT2D eigenvalue weighted by Gasteiger charge is 2.35. The van der Waals surface area contributed by atoms with Crippen LogP contribution in [0.2, 0.25) is 0 Å². The van der Waals surface area contributed by atoms with Crippen LogP contribution in [0, 0.1) is 18.7 Å². The Labute approximate surface area is 153 Å². The predicted molar refractivity (Wildman–Crippen MR) is 98.8 cm³/mol. The van der Waals surface area contributed by atoms with Gasteiger partial charge in [0.2, 0.25) is 5.89 Å². The average molecular weight is 383 g/mol. The van der Waals surface area contributed by atoms with Crippen molar-refractivity contribution in [3.05, 3.63) is 34.2 Å². The van der Waals surface area contributed by atoms with E-state index in [1.807, 2.05) is 26.0 Å². The first kappa shape index (κ1) is 18.3. The third-order valence-corrected chi connectivity index (χ3v) is 6.75. The number of rotatable bonds is 5. The van der Waals surface area contributed by atoms with E-state index in [2.05, 4.69) is 18.1 Å². The molecule has 0 aliphatic carbocycles. The van der Waals surface area contributed by atoms with Gasteiger partial charge in [-0.25, -0.2) is 8.42 Å². The van der Waals surface area contributed by atoms with Gasteiger partial charge in [0.05, 0.1) is 12.3 Å². The maximum Gasteiger partial charge on any atom is 0.292 e. The maximum atomic E-state index is 11.8. The Morgan fingerprint density at radius 3 is 2.56 bits per heavy atom. The highest BCUT2D eigenvalue weighted by Crippen LogP contribution is 2.21. The second-order valence-electron chi connectivity index (χ2n) is 6.82. The van der Waals surface area contributed by atoms with Crippen LogP contribution in [0.5, 0.6) is 0 Å². The summed E-state index contributed by atoms with van der Waals surface area (Å²) in [7, 11) is -2.90. The summed E-state index contributed by atoms with van der Waals surface area (Å²) in [5.74, 6) is 1.02. The molecule has 0 spiro atoms. The first-order valence-electron chi connectivity index (χ1n) is 8.49. The monoisotopic (exact) mass is 382 g/mol. The third-order valence-electron chi connectivity index (χ3n) is 4.69. The fourth-order valence-electron chi connectivity index (χ4n) is 3.46. The van der Waals surface area contributed by atoms with E-state index in [1.165, 1.54) is 0 Å². The number of nitrogens with zero attached hydrogens (tertiary/aromatic N) is 2. The minimum absolute atomic E-state index is 0.0956. The molecule has 1 unspecified atom stereocenters. The van der Waals surface area contributed by atoms with Gasteiger partial charge in [0.15, 0.2) is 16.5 Å². The van der Waals surface area contributed by atoms with Gasteiger partial charge >= 0.3 is 0 Å². The van der Waals surface area contributed by atoms with Gasteiger partial charge in [-0.3, -0.25) is 0 Å². The van der Waals surface area contributed by atoms with E-state index >= 15 is 0 Å². The molecule has 2 aromatic rings. The number of hydrogen-bond acceptors (Lipinski definition) is 5. The topological polar surface area (TPSA) is 69.5 Å². The predicted octanol–water partition coefficient (Wildman–Crippen LogP) is 1.54. The van der Waals surface area contributed by atoms with Gasteiger partial charge in [0, 0.05) is 12.0 Å².